The van der Waals surface area contributed by atoms with E-state index < -0.39 is 0 Å². The van der Waals surface area contributed by atoms with E-state index in [0.29, 0.717) is 12.0 Å². The van der Waals surface area contributed by atoms with Gasteiger partial charge in [-0.2, -0.15) is 0 Å². The van der Waals surface area contributed by atoms with Crippen LogP contribution in [0.3, 0.4) is 0 Å². The summed E-state index contributed by atoms with van der Waals surface area (Å²) < 4.78 is 0.876. The molecular formula is C13H20BrN3. The summed E-state index contributed by atoms with van der Waals surface area (Å²) in [5.41, 5.74) is 0. The van der Waals surface area contributed by atoms with E-state index in [2.05, 4.69) is 58.6 Å². The van der Waals surface area contributed by atoms with Crippen molar-refractivity contribution in [2.24, 2.45) is 5.92 Å². The molecule has 0 aromatic carbocycles. The summed E-state index contributed by atoms with van der Waals surface area (Å²) in [6, 6.07) is 2.57. The zero-order chi connectivity index (χ0) is 12.6. The van der Waals surface area contributed by atoms with Gasteiger partial charge in [-0.25, -0.2) is 9.97 Å². The van der Waals surface area contributed by atoms with Crippen molar-refractivity contribution in [3.63, 3.8) is 0 Å². The largest absolute Gasteiger partial charge is 0.357 e. The molecule has 1 unspecified atom stereocenters. The van der Waals surface area contributed by atoms with Crippen molar-refractivity contribution >= 4 is 21.7 Å². The molecule has 1 fully saturated rings. The van der Waals surface area contributed by atoms with Crippen LogP contribution in [0.4, 0.5) is 5.82 Å². The van der Waals surface area contributed by atoms with Crippen molar-refractivity contribution < 1.29 is 0 Å². The van der Waals surface area contributed by atoms with Gasteiger partial charge in [0.15, 0.2) is 0 Å². The van der Waals surface area contributed by atoms with E-state index in [1.807, 2.05) is 6.07 Å². The fourth-order valence-electron chi connectivity index (χ4n) is 1.97. The topological polar surface area (TPSA) is 29.0 Å². The third-order valence-corrected chi connectivity index (χ3v) is 3.90. The SMILES string of the molecule is CC(C)c1nc(Br)cc(N(C)C(C)C2CC2)n1. The normalized spacial score (nSPS) is 17.3. The zero-order valence-corrected chi connectivity index (χ0v) is 12.5. The van der Waals surface area contributed by atoms with Gasteiger partial charge in [-0.1, -0.05) is 13.8 Å². The number of rotatable bonds is 4. The minimum atomic E-state index is 0.357. The molecule has 1 aromatic heterocycles. The van der Waals surface area contributed by atoms with Crippen molar-refractivity contribution in [3.8, 4) is 0 Å². The molecule has 1 saturated carbocycles. The Labute approximate surface area is 112 Å². The average molecular weight is 298 g/mol. The van der Waals surface area contributed by atoms with Crippen LogP contribution in [0.1, 0.15) is 45.4 Å². The smallest absolute Gasteiger partial charge is 0.134 e. The Hall–Kier alpha value is -0.640. The monoisotopic (exact) mass is 297 g/mol. The van der Waals surface area contributed by atoms with E-state index in [1.165, 1.54) is 12.8 Å². The molecule has 3 nitrogen and oxygen atoms in total. The quantitative estimate of drug-likeness (QED) is 0.795. The highest BCUT2D eigenvalue weighted by molar-refractivity contribution is 9.10. The first-order chi connectivity index (χ1) is 7.99. The van der Waals surface area contributed by atoms with Crippen LogP contribution in [0, 0.1) is 5.92 Å². The predicted molar refractivity (Wildman–Crippen MR) is 74.4 cm³/mol. The summed E-state index contributed by atoms with van der Waals surface area (Å²) in [5, 5.41) is 0. The van der Waals surface area contributed by atoms with E-state index in [4.69, 9.17) is 0 Å². The molecule has 2 rings (SSSR count). The fourth-order valence-corrected chi connectivity index (χ4v) is 2.35. The molecule has 0 bridgehead atoms. The lowest BCUT2D eigenvalue weighted by molar-refractivity contribution is 0.600. The van der Waals surface area contributed by atoms with Gasteiger partial charge >= 0.3 is 0 Å². The van der Waals surface area contributed by atoms with Crippen LogP contribution in [-0.4, -0.2) is 23.1 Å². The third-order valence-electron chi connectivity index (χ3n) is 3.49. The maximum Gasteiger partial charge on any atom is 0.134 e. The van der Waals surface area contributed by atoms with Gasteiger partial charge in [0.1, 0.15) is 16.2 Å². The molecule has 0 amide bonds. The van der Waals surface area contributed by atoms with E-state index >= 15 is 0 Å². The van der Waals surface area contributed by atoms with E-state index in [1.54, 1.807) is 0 Å². The van der Waals surface area contributed by atoms with Crippen molar-refractivity contribution in [1.82, 2.24) is 9.97 Å². The van der Waals surface area contributed by atoms with E-state index in [9.17, 15) is 0 Å². The molecular weight excluding hydrogens is 278 g/mol. The molecule has 17 heavy (non-hydrogen) atoms. The van der Waals surface area contributed by atoms with Crippen molar-refractivity contribution in [1.29, 1.82) is 0 Å². The van der Waals surface area contributed by atoms with Crippen LogP contribution < -0.4 is 4.90 Å². The molecule has 0 aliphatic heterocycles. The summed E-state index contributed by atoms with van der Waals surface area (Å²) in [7, 11) is 2.13. The van der Waals surface area contributed by atoms with Crippen LogP contribution in [0.5, 0.6) is 0 Å². The summed E-state index contributed by atoms with van der Waals surface area (Å²) in [4.78, 5) is 11.3. The van der Waals surface area contributed by atoms with E-state index in [0.717, 1.165) is 22.2 Å². The van der Waals surface area contributed by atoms with Gasteiger partial charge in [-0.3, -0.25) is 0 Å². The zero-order valence-electron chi connectivity index (χ0n) is 10.9. The van der Waals surface area contributed by atoms with Gasteiger partial charge in [0, 0.05) is 25.1 Å². The van der Waals surface area contributed by atoms with Crippen LogP contribution in [0.25, 0.3) is 0 Å². The highest BCUT2D eigenvalue weighted by Crippen LogP contribution is 2.36. The van der Waals surface area contributed by atoms with Crippen LogP contribution in [0.2, 0.25) is 0 Å². The van der Waals surface area contributed by atoms with Crippen LogP contribution >= 0.6 is 15.9 Å². The summed E-state index contributed by atoms with van der Waals surface area (Å²) in [6.45, 7) is 6.52. The van der Waals surface area contributed by atoms with Crippen LogP contribution in [-0.2, 0) is 0 Å². The molecule has 1 aliphatic carbocycles. The molecule has 4 heteroatoms. The molecule has 1 aromatic rings. The van der Waals surface area contributed by atoms with Gasteiger partial charge in [-0.05, 0) is 41.6 Å². The van der Waals surface area contributed by atoms with Gasteiger partial charge in [0.2, 0.25) is 0 Å². The van der Waals surface area contributed by atoms with Gasteiger partial charge < -0.3 is 4.90 Å². The summed E-state index contributed by atoms with van der Waals surface area (Å²) in [6.07, 6.45) is 2.71. The third kappa shape index (κ3) is 2.97. The van der Waals surface area contributed by atoms with Crippen molar-refractivity contribution in [3.05, 3.63) is 16.5 Å². The maximum atomic E-state index is 4.65. The Morgan fingerprint density at radius 1 is 1.29 bits per heavy atom. The number of nitrogens with zero attached hydrogens (tertiary/aromatic N) is 3. The standard InChI is InChI=1S/C13H20BrN3/c1-8(2)13-15-11(14)7-12(16-13)17(4)9(3)10-5-6-10/h7-10H,5-6H2,1-4H3. The average Bonchev–Trinajstić information content (AvgIpc) is 3.10. The highest BCUT2D eigenvalue weighted by Gasteiger charge is 2.31. The Morgan fingerprint density at radius 3 is 2.47 bits per heavy atom. The number of aromatic nitrogens is 2. The molecule has 1 atom stereocenters. The van der Waals surface area contributed by atoms with Crippen LogP contribution in [0.15, 0.2) is 10.7 Å². The number of hydrogen-bond acceptors (Lipinski definition) is 3. The van der Waals surface area contributed by atoms with Gasteiger partial charge in [0.25, 0.3) is 0 Å². The lowest BCUT2D eigenvalue weighted by atomic mass is 10.2. The molecule has 94 valence electrons. The lowest BCUT2D eigenvalue weighted by Crippen LogP contribution is -2.31. The Kier molecular flexibility index (Phi) is 3.71. The van der Waals surface area contributed by atoms with Gasteiger partial charge in [-0.15, -0.1) is 0 Å². The molecule has 0 radical (unpaired) electrons. The first-order valence-electron chi connectivity index (χ1n) is 6.26. The van der Waals surface area contributed by atoms with Gasteiger partial charge in [0.05, 0.1) is 0 Å². The second-order valence-electron chi connectivity index (χ2n) is 5.25. The van der Waals surface area contributed by atoms with E-state index in [-0.39, 0.29) is 0 Å². The number of hydrogen-bond donors (Lipinski definition) is 0. The first-order valence-corrected chi connectivity index (χ1v) is 7.05. The Balaban J connectivity index is 2.24. The molecule has 0 spiro atoms. The first kappa shape index (κ1) is 12.8. The van der Waals surface area contributed by atoms with Crippen molar-refractivity contribution in [2.45, 2.75) is 45.6 Å². The fraction of sp³-hybridized carbons (Fsp3) is 0.692. The molecule has 1 heterocycles. The lowest BCUT2D eigenvalue weighted by Gasteiger charge is -2.26. The number of halogens is 1. The summed E-state index contributed by atoms with van der Waals surface area (Å²) in [5.74, 6) is 3.13. The predicted octanol–water partition coefficient (Wildman–Crippen LogP) is 3.60. The second kappa shape index (κ2) is 4.92. The second-order valence-corrected chi connectivity index (χ2v) is 6.06. The van der Waals surface area contributed by atoms with Crippen molar-refractivity contribution in [2.75, 3.05) is 11.9 Å². The Morgan fingerprint density at radius 2 is 1.94 bits per heavy atom. The highest BCUT2D eigenvalue weighted by atomic mass is 79.9. The summed E-state index contributed by atoms with van der Waals surface area (Å²) >= 11 is 3.47. The number of anilines is 1. The minimum Gasteiger partial charge on any atom is -0.357 e. The minimum absolute atomic E-state index is 0.357. The molecule has 1 aliphatic rings. The molecule has 0 saturated heterocycles. The maximum absolute atomic E-state index is 4.65. The Bertz CT molecular complexity index is 402. The molecule has 0 N–H and O–H groups in total.